The number of benzene rings is 1. The molecule has 0 heterocycles. The molecule has 0 bridgehead atoms. The van der Waals surface area contributed by atoms with Crippen molar-refractivity contribution in [3.63, 3.8) is 0 Å². The smallest absolute Gasteiger partial charge is 0.248 e. The topological polar surface area (TPSA) is 41.6 Å². The molecule has 26 heavy (non-hydrogen) atoms. The lowest BCUT2D eigenvalue weighted by molar-refractivity contribution is -0.168. The van der Waals surface area contributed by atoms with Gasteiger partial charge in [-0.15, -0.1) is 18.3 Å². The quantitative estimate of drug-likeness (QED) is 0.236. The maximum atomic E-state index is 12.1. The van der Waals surface area contributed by atoms with E-state index in [1.165, 1.54) is 30.6 Å². The van der Waals surface area contributed by atoms with Crippen LogP contribution in [-0.4, -0.2) is 36.8 Å². The van der Waals surface area contributed by atoms with Crippen LogP contribution in [0.4, 0.5) is 0 Å². The van der Waals surface area contributed by atoms with Crippen LogP contribution in [0.5, 0.6) is 0 Å². The van der Waals surface area contributed by atoms with Crippen LogP contribution in [0.2, 0.25) is 0 Å². The Morgan fingerprint density at radius 3 is 2.73 bits per heavy atom. The zero-order valence-electron chi connectivity index (χ0n) is 16.3. The zero-order valence-corrected chi connectivity index (χ0v) is 17.1. The summed E-state index contributed by atoms with van der Waals surface area (Å²) in [4.78, 5) is 17.0. The minimum atomic E-state index is -0.0670. The molecule has 4 nitrogen and oxygen atoms in total. The van der Waals surface area contributed by atoms with Gasteiger partial charge in [0, 0.05) is 18.3 Å². The second kappa shape index (κ2) is 12.6. The van der Waals surface area contributed by atoms with Gasteiger partial charge >= 0.3 is 0 Å². The highest BCUT2D eigenvalue weighted by Crippen LogP contribution is 2.21. The van der Waals surface area contributed by atoms with Crippen molar-refractivity contribution in [2.45, 2.75) is 43.9 Å². The van der Waals surface area contributed by atoms with E-state index in [-0.39, 0.29) is 11.3 Å². The first kappa shape index (κ1) is 22.3. The molecule has 0 aliphatic heterocycles. The number of nitrogens with one attached hydrogen (secondary N) is 1. The Bertz CT molecular complexity index is 589. The van der Waals surface area contributed by atoms with Gasteiger partial charge in [0.15, 0.2) is 0 Å². The first-order valence-electron chi connectivity index (χ1n) is 9.01. The maximum absolute atomic E-state index is 12.1. The molecular formula is C21H32N2O2S. The standard InChI is InChI=1S/C21H32N2O2S/c1-6-7-8-9-10-13-18-14-11-12-15-19(18)17(2)22-20(26-5)16-21(24)23(3)25-4/h6,11-12,14-15,20,22H,1-2,7-10,13,16H2,3-5H3. The second-order valence-electron chi connectivity index (χ2n) is 6.17. The monoisotopic (exact) mass is 376 g/mol. The molecule has 1 aromatic carbocycles. The minimum absolute atomic E-state index is 0.0479. The molecule has 5 heteroatoms. The third-order valence-electron chi connectivity index (χ3n) is 4.30. The molecule has 0 spiro atoms. The normalized spacial score (nSPS) is 11.7. The number of allylic oxidation sites excluding steroid dienone is 1. The van der Waals surface area contributed by atoms with Gasteiger partial charge in [-0.05, 0) is 37.5 Å². The number of hydroxylamine groups is 2. The summed E-state index contributed by atoms with van der Waals surface area (Å²) in [6, 6.07) is 8.35. The van der Waals surface area contributed by atoms with Gasteiger partial charge in [-0.3, -0.25) is 9.63 Å². The zero-order chi connectivity index (χ0) is 19.4. The molecule has 144 valence electrons. The van der Waals surface area contributed by atoms with E-state index in [4.69, 9.17) is 4.84 Å². The summed E-state index contributed by atoms with van der Waals surface area (Å²) in [5.41, 5.74) is 3.28. The molecule has 1 N–H and O–H groups in total. The Balaban J connectivity index is 2.67. The summed E-state index contributed by atoms with van der Waals surface area (Å²) in [6.45, 7) is 7.98. The number of unbranched alkanes of at least 4 members (excludes halogenated alkanes) is 3. The Hall–Kier alpha value is -1.72. The Morgan fingerprint density at radius 1 is 1.35 bits per heavy atom. The van der Waals surface area contributed by atoms with Crippen molar-refractivity contribution in [1.29, 1.82) is 0 Å². The summed E-state index contributed by atoms with van der Waals surface area (Å²) in [5, 5.41) is 4.60. The number of hydrogen-bond donors (Lipinski definition) is 1. The second-order valence-corrected chi connectivity index (χ2v) is 7.21. The number of hydrogen-bond acceptors (Lipinski definition) is 4. The molecule has 1 unspecified atom stereocenters. The fourth-order valence-electron chi connectivity index (χ4n) is 2.67. The summed E-state index contributed by atoms with van der Waals surface area (Å²) in [6.07, 6.45) is 9.95. The van der Waals surface area contributed by atoms with Crippen LogP contribution in [0.15, 0.2) is 43.5 Å². The van der Waals surface area contributed by atoms with E-state index < -0.39 is 0 Å². The maximum Gasteiger partial charge on any atom is 0.248 e. The highest BCUT2D eigenvalue weighted by atomic mass is 32.2. The summed E-state index contributed by atoms with van der Waals surface area (Å²) < 4.78 is 0. The third-order valence-corrected chi connectivity index (χ3v) is 5.16. The van der Waals surface area contributed by atoms with Gasteiger partial charge in [-0.1, -0.05) is 43.3 Å². The molecule has 0 aliphatic rings. The van der Waals surface area contributed by atoms with Crippen LogP contribution in [0.25, 0.3) is 5.70 Å². The number of aryl methyl sites for hydroxylation is 1. The van der Waals surface area contributed by atoms with Gasteiger partial charge < -0.3 is 5.32 Å². The van der Waals surface area contributed by atoms with Gasteiger partial charge in [0.05, 0.1) is 18.9 Å². The Labute approximate surface area is 162 Å². The fourth-order valence-corrected chi connectivity index (χ4v) is 3.24. The predicted octanol–water partition coefficient (Wildman–Crippen LogP) is 4.63. The summed E-state index contributed by atoms with van der Waals surface area (Å²) >= 11 is 1.60. The summed E-state index contributed by atoms with van der Waals surface area (Å²) in [5.74, 6) is -0.0670. The average Bonchev–Trinajstić information content (AvgIpc) is 2.66. The Kier molecular flexibility index (Phi) is 10.8. The SMILES string of the molecule is C=CCCCCCc1ccccc1C(=C)NC(CC(=O)N(C)OC)SC. The largest absolute Gasteiger partial charge is 0.373 e. The average molecular weight is 377 g/mol. The van der Waals surface area contributed by atoms with Crippen LogP contribution in [0.3, 0.4) is 0 Å². The molecule has 0 fully saturated rings. The molecule has 1 atom stereocenters. The van der Waals surface area contributed by atoms with Crippen molar-refractivity contribution in [3.05, 3.63) is 54.6 Å². The van der Waals surface area contributed by atoms with E-state index in [9.17, 15) is 4.79 Å². The number of amides is 1. The molecule has 1 amide bonds. The number of carbonyl (C=O) groups excluding carboxylic acids is 1. The van der Waals surface area contributed by atoms with Crippen LogP contribution in [-0.2, 0) is 16.1 Å². The molecule has 0 saturated heterocycles. The minimum Gasteiger partial charge on any atom is -0.373 e. The Morgan fingerprint density at radius 2 is 2.08 bits per heavy atom. The number of nitrogens with zero attached hydrogens (tertiary/aromatic N) is 1. The molecule has 0 saturated carbocycles. The van der Waals surface area contributed by atoms with Crippen molar-refractivity contribution in [2.75, 3.05) is 20.4 Å². The third kappa shape index (κ3) is 7.67. The number of rotatable bonds is 13. The first-order valence-corrected chi connectivity index (χ1v) is 10.3. The van der Waals surface area contributed by atoms with Crippen molar-refractivity contribution in [2.24, 2.45) is 0 Å². The molecule has 1 aromatic rings. The van der Waals surface area contributed by atoms with Crippen molar-refractivity contribution in [3.8, 4) is 0 Å². The van der Waals surface area contributed by atoms with E-state index >= 15 is 0 Å². The van der Waals surface area contributed by atoms with E-state index in [0.29, 0.717) is 6.42 Å². The van der Waals surface area contributed by atoms with E-state index in [1.807, 2.05) is 18.4 Å². The number of carbonyl (C=O) groups is 1. The molecule has 0 aromatic heterocycles. The van der Waals surface area contributed by atoms with E-state index in [0.717, 1.165) is 30.5 Å². The lowest BCUT2D eigenvalue weighted by Crippen LogP contribution is -2.33. The van der Waals surface area contributed by atoms with Gasteiger partial charge in [-0.25, -0.2) is 5.06 Å². The van der Waals surface area contributed by atoms with Gasteiger partial charge in [0.25, 0.3) is 0 Å². The van der Waals surface area contributed by atoms with Gasteiger partial charge in [0.2, 0.25) is 5.91 Å². The molecule has 0 radical (unpaired) electrons. The highest BCUT2D eigenvalue weighted by Gasteiger charge is 2.17. The van der Waals surface area contributed by atoms with Crippen LogP contribution in [0.1, 0.15) is 43.2 Å². The molecule has 1 rings (SSSR count). The van der Waals surface area contributed by atoms with Crippen molar-refractivity contribution >= 4 is 23.4 Å². The van der Waals surface area contributed by atoms with Crippen LogP contribution < -0.4 is 5.32 Å². The lowest BCUT2D eigenvalue weighted by atomic mass is 9.99. The van der Waals surface area contributed by atoms with Gasteiger partial charge in [-0.2, -0.15) is 0 Å². The summed E-state index contributed by atoms with van der Waals surface area (Å²) in [7, 11) is 3.11. The molecular weight excluding hydrogens is 344 g/mol. The number of thioether (sulfide) groups is 1. The van der Waals surface area contributed by atoms with Crippen LogP contribution >= 0.6 is 11.8 Å². The fraction of sp³-hybridized carbons (Fsp3) is 0.476. The van der Waals surface area contributed by atoms with Crippen LogP contribution in [0, 0.1) is 0 Å². The first-order chi connectivity index (χ1) is 12.5. The lowest BCUT2D eigenvalue weighted by Gasteiger charge is -2.22. The van der Waals surface area contributed by atoms with Crippen molar-refractivity contribution < 1.29 is 9.63 Å². The predicted molar refractivity (Wildman–Crippen MR) is 113 cm³/mol. The molecule has 0 aliphatic carbocycles. The highest BCUT2D eigenvalue weighted by molar-refractivity contribution is 7.99. The van der Waals surface area contributed by atoms with E-state index in [2.05, 4.69) is 36.7 Å². The van der Waals surface area contributed by atoms with E-state index in [1.54, 1.807) is 18.8 Å². The van der Waals surface area contributed by atoms with Crippen molar-refractivity contribution in [1.82, 2.24) is 10.4 Å². The van der Waals surface area contributed by atoms with Gasteiger partial charge in [0.1, 0.15) is 0 Å².